The van der Waals surface area contributed by atoms with Gasteiger partial charge in [0.25, 0.3) is 0 Å². The van der Waals surface area contributed by atoms with Gasteiger partial charge in [-0.3, -0.25) is 24.0 Å². The summed E-state index contributed by atoms with van der Waals surface area (Å²) in [6.45, 7) is 4.65. The summed E-state index contributed by atoms with van der Waals surface area (Å²) in [7, 11) is 0. The summed E-state index contributed by atoms with van der Waals surface area (Å²) < 4.78 is 0. The van der Waals surface area contributed by atoms with E-state index < -0.39 is 60.3 Å². The lowest BCUT2D eigenvalue weighted by Gasteiger charge is -2.24. The molecule has 11 N–H and O–H groups in total. The fourth-order valence-electron chi connectivity index (χ4n) is 2.78. The highest BCUT2D eigenvalue weighted by molar-refractivity contribution is 5.94. The van der Waals surface area contributed by atoms with Gasteiger partial charge in [-0.25, -0.2) is 0 Å². The van der Waals surface area contributed by atoms with Gasteiger partial charge in [0.05, 0.1) is 19.2 Å². The van der Waals surface area contributed by atoms with Crippen molar-refractivity contribution in [2.45, 2.75) is 70.7 Å². The molecular weight excluding hydrogens is 434 g/mol. The Morgan fingerprint density at radius 3 is 1.97 bits per heavy atom. The molecule has 13 heteroatoms. The zero-order chi connectivity index (χ0) is 25.6. The van der Waals surface area contributed by atoms with Crippen LogP contribution in [-0.2, 0) is 24.0 Å². The molecule has 0 aromatic rings. The Hall–Kier alpha value is -2.77. The van der Waals surface area contributed by atoms with Crippen LogP contribution in [0.5, 0.6) is 0 Å². The van der Waals surface area contributed by atoms with Crippen LogP contribution in [-0.4, -0.2) is 78.5 Å². The quantitative estimate of drug-likeness (QED) is 0.105. The number of nitrogens with two attached hydrogens (primary N) is 3. The number of rotatable bonds is 16. The van der Waals surface area contributed by atoms with Crippen molar-refractivity contribution in [1.82, 2.24) is 21.3 Å². The van der Waals surface area contributed by atoms with Crippen molar-refractivity contribution in [2.24, 2.45) is 23.1 Å². The number of hydrogen-bond donors (Lipinski definition) is 8. The molecule has 0 heterocycles. The number of amides is 5. The third-order valence-corrected chi connectivity index (χ3v) is 4.62. The van der Waals surface area contributed by atoms with Crippen LogP contribution in [0.3, 0.4) is 0 Å². The molecule has 0 spiro atoms. The summed E-state index contributed by atoms with van der Waals surface area (Å²) >= 11 is 0. The maximum absolute atomic E-state index is 12.9. The van der Waals surface area contributed by atoms with Gasteiger partial charge in [-0.15, -0.1) is 0 Å². The molecule has 0 unspecified atom stereocenters. The molecule has 0 aliphatic heterocycles. The van der Waals surface area contributed by atoms with Gasteiger partial charge in [-0.05, 0) is 45.1 Å². The molecule has 13 nitrogen and oxygen atoms in total. The summed E-state index contributed by atoms with van der Waals surface area (Å²) in [5, 5.41) is 19.1. The van der Waals surface area contributed by atoms with E-state index in [9.17, 15) is 29.1 Å². The van der Waals surface area contributed by atoms with Crippen molar-refractivity contribution in [1.29, 1.82) is 0 Å². The van der Waals surface area contributed by atoms with E-state index in [1.807, 2.05) is 13.8 Å². The molecule has 0 saturated carbocycles. The van der Waals surface area contributed by atoms with Crippen molar-refractivity contribution in [2.75, 3.05) is 19.6 Å². The molecule has 5 amide bonds. The van der Waals surface area contributed by atoms with E-state index in [2.05, 4.69) is 21.3 Å². The number of hydrogen-bond acceptors (Lipinski definition) is 8. The van der Waals surface area contributed by atoms with Crippen molar-refractivity contribution < 1.29 is 29.1 Å². The van der Waals surface area contributed by atoms with Crippen LogP contribution in [0, 0.1) is 5.92 Å². The number of aliphatic hydroxyl groups is 1. The van der Waals surface area contributed by atoms with E-state index in [0.29, 0.717) is 19.4 Å². The minimum atomic E-state index is -1.19. The van der Waals surface area contributed by atoms with Gasteiger partial charge in [-0.1, -0.05) is 13.8 Å². The molecule has 4 atom stereocenters. The second kappa shape index (κ2) is 15.9. The van der Waals surface area contributed by atoms with Crippen LogP contribution >= 0.6 is 0 Å². The van der Waals surface area contributed by atoms with E-state index in [0.717, 1.165) is 0 Å². The molecule has 0 saturated heterocycles. The van der Waals surface area contributed by atoms with E-state index in [1.165, 1.54) is 6.92 Å². The van der Waals surface area contributed by atoms with Crippen molar-refractivity contribution in [3.05, 3.63) is 0 Å². The number of unbranched alkanes of at least 4 members (excludes halogenated alkanes) is 1. The molecule has 0 aliphatic carbocycles. The van der Waals surface area contributed by atoms with E-state index in [-0.39, 0.29) is 25.3 Å². The van der Waals surface area contributed by atoms with Gasteiger partial charge in [-0.2, -0.15) is 0 Å². The summed E-state index contributed by atoms with van der Waals surface area (Å²) in [5.74, 6) is -3.21. The Morgan fingerprint density at radius 1 is 0.848 bits per heavy atom. The Kier molecular flexibility index (Phi) is 14.6. The first kappa shape index (κ1) is 30.2. The standard InChI is InChI=1S/C20H39N7O6/c1-11(2)8-14(26-16(30)10-25-20(33)17(23)12(3)28)19(32)27-13(6-4-5-7-21)18(31)24-9-15(22)29/h11-14,17,28H,4-10,21,23H2,1-3H3,(H2,22,29)(H,24,31)(H,25,33)(H,26,30)(H,27,32)/t12-,13+,14+,17+/m1/s1. The first-order chi connectivity index (χ1) is 15.4. The van der Waals surface area contributed by atoms with E-state index in [1.54, 1.807) is 0 Å². The van der Waals surface area contributed by atoms with Gasteiger partial charge in [0.2, 0.25) is 29.5 Å². The molecule has 0 bridgehead atoms. The Morgan fingerprint density at radius 2 is 1.45 bits per heavy atom. The molecule has 0 rings (SSSR count). The van der Waals surface area contributed by atoms with Crippen LogP contribution in [0.4, 0.5) is 0 Å². The van der Waals surface area contributed by atoms with Gasteiger partial charge < -0.3 is 43.6 Å². The zero-order valence-corrected chi connectivity index (χ0v) is 19.6. The van der Waals surface area contributed by atoms with Gasteiger partial charge in [0.1, 0.15) is 18.1 Å². The third-order valence-electron chi connectivity index (χ3n) is 4.62. The largest absolute Gasteiger partial charge is 0.391 e. The topological polar surface area (TPSA) is 232 Å². The molecule has 0 aliphatic rings. The van der Waals surface area contributed by atoms with Crippen molar-refractivity contribution in [3.63, 3.8) is 0 Å². The molecule has 0 aromatic heterocycles. The monoisotopic (exact) mass is 473 g/mol. The highest BCUT2D eigenvalue weighted by atomic mass is 16.3. The minimum absolute atomic E-state index is 0.0266. The second-order valence-corrected chi connectivity index (χ2v) is 8.26. The molecule has 33 heavy (non-hydrogen) atoms. The fourth-order valence-corrected chi connectivity index (χ4v) is 2.78. The Labute approximate surface area is 193 Å². The number of nitrogens with one attached hydrogen (secondary N) is 4. The summed E-state index contributed by atoms with van der Waals surface area (Å²) in [6, 6.07) is -3.11. The summed E-state index contributed by atoms with van der Waals surface area (Å²) in [6.07, 6.45) is 0.655. The number of carbonyl (C=O) groups is 5. The first-order valence-electron chi connectivity index (χ1n) is 11.0. The maximum atomic E-state index is 12.9. The highest BCUT2D eigenvalue weighted by Crippen LogP contribution is 2.07. The predicted molar refractivity (Wildman–Crippen MR) is 121 cm³/mol. The molecule has 0 aromatic carbocycles. The van der Waals surface area contributed by atoms with Crippen molar-refractivity contribution >= 4 is 29.5 Å². The van der Waals surface area contributed by atoms with Crippen molar-refractivity contribution in [3.8, 4) is 0 Å². The van der Waals surface area contributed by atoms with E-state index >= 15 is 0 Å². The molecule has 0 radical (unpaired) electrons. The maximum Gasteiger partial charge on any atom is 0.243 e. The zero-order valence-electron chi connectivity index (χ0n) is 19.6. The van der Waals surface area contributed by atoms with Gasteiger partial charge in [0.15, 0.2) is 0 Å². The normalized spacial score (nSPS) is 14.5. The van der Waals surface area contributed by atoms with Crippen LogP contribution in [0.15, 0.2) is 0 Å². The van der Waals surface area contributed by atoms with Crippen LogP contribution in [0.2, 0.25) is 0 Å². The number of primary amides is 1. The SMILES string of the molecule is CC(C)C[C@H](NC(=O)CNC(=O)[C@@H](N)[C@@H](C)O)C(=O)N[C@@H](CCCCN)C(=O)NCC(N)=O. The molecular formula is C20H39N7O6. The second-order valence-electron chi connectivity index (χ2n) is 8.26. The summed E-state index contributed by atoms with van der Waals surface area (Å²) in [4.78, 5) is 60.3. The Balaban J connectivity index is 5.15. The number of carbonyl (C=O) groups excluding carboxylic acids is 5. The minimum Gasteiger partial charge on any atom is -0.391 e. The average molecular weight is 474 g/mol. The first-order valence-corrected chi connectivity index (χ1v) is 11.0. The molecule has 0 fully saturated rings. The third kappa shape index (κ3) is 13.4. The fraction of sp³-hybridized carbons (Fsp3) is 0.750. The average Bonchev–Trinajstić information content (AvgIpc) is 2.73. The smallest absolute Gasteiger partial charge is 0.243 e. The highest BCUT2D eigenvalue weighted by Gasteiger charge is 2.27. The van der Waals surface area contributed by atoms with Crippen LogP contribution in [0.1, 0.15) is 46.5 Å². The summed E-state index contributed by atoms with van der Waals surface area (Å²) in [5.41, 5.74) is 16.0. The lowest BCUT2D eigenvalue weighted by atomic mass is 10.0. The van der Waals surface area contributed by atoms with Crippen LogP contribution < -0.4 is 38.5 Å². The Bertz CT molecular complexity index is 671. The number of aliphatic hydroxyl groups excluding tert-OH is 1. The lowest BCUT2D eigenvalue weighted by Crippen LogP contribution is -2.56. The molecule has 190 valence electrons. The lowest BCUT2D eigenvalue weighted by molar-refractivity contribution is -0.133. The predicted octanol–water partition coefficient (Wildman–Crippen LogP) is -3.44. The van der Waals surface area contributed by atoms with Gasteiger partial charge >= 0.3 is 0 Å². The van der Waals surface area contributed by atoms with Gasteiger partial charge in [0, 0.05) is 0 Å². The van der Waals surface area contributed by atoms with Crippen LogP contribution in [0.25, 0.3) is 0 Å². The van der Waals surface area contributed by atoms with E-state index in [4.69, 9.17) is 17.2 Å².